The average Bonchev–Trinajstić information content (AvgIpc) is 2.17. The van der Waals surface area contributed by atoms with Crippen molar-refractivity contribution in [2.24, 2.45) is 0 Å². The maximum absolute atomic E-state index is 13.1. The van der Waals surface area contributed by atoms with Crippen LogP contribution in [0.5, 0.6) is 0 Å². The van der Waals surface area contributed by atoms with Crippen LogP contribution in [-0.4, -0.2) is 15.9 Å². The molecule has 0 amide bonds. The molecule has 2 nitrogen and oxygen atoms in total. The number of halogens is 2. The normalized spacial score (nSPS) is 10.9. The number of hydrogen-bond acceptors (Lipinski definition) is 3. The fourth-order valence-corrected chi connectivity index (χ4v) is 1.67. The number of carbonyl (C=O) groups excluding carboxylic acids is 1. The largest absolute Gasteiger partial charge is 0.288 e. The van der Waals surface area contributed by atoms with Crippen molar-refractivity contribution in [2.75, 3.05) is 5.75 Å². The van der Waals surface area contributed by atoms with Gasteiger partial charge in [0.2, 0.25) is 0 Å². The van der Waals surface area contributed by atoms with Crippen LogP contribution in [0.3, 0.4) is 0 Å². The third kappa shape index (κ3) is 4.57. The van der Waals surface area contributed by atoms with Crippen LogP contribution in [-0.2, 0) is 4.79 Å². The van der Waals surface area contributed by atoms with Crippen molar-refractivity contribution < 1.29 is 9.18 Å². The van der Waals surface area contributed by atoms with Gasteiger partial charge in [0.05, 0.1) is 6.20 Å². The third-order valence-corrected chi connectivity index (χ3v) is 2.73. The molecule has 0 aliphatic heterocycles. The van der Waals surface area contributed by atoms with E-state index in [0.29, 0.717) is 15.9 Å². The number of pyridine rings is 1. The Labute approximate surface area is 100 Å². The predicted molar refractivity (Wildman–Crippen MR) is 64.1 cm³/mol. The van der Waals surface area contributed by atoms with E-state index in [1.54, 1.807) is 18.2 Å². The molecule has 0 aromatic carbocycles. The molecule has 15 heavy (non-hydrogen) atoms. The van der Waals surface area contributed by atoms with Crippen LogP contribution in [0.15, 0.2) is 22.9 Å². The second-order valence-electron chi connectivity index (χ2n) is 2.73. The number of nitrogens with zero attached hydrogens (tertiary/aromatic N) is 1. The molecule has 0 radical (unpaired) electrons. The molecule has 0 unspecified atom stereocenters. The van der Waals surface area contributed by atoms with Crippen LogP contribution in [0.25, 0.3) is 6.08 Å². The first kappa shape index (κ1) is 12.4. The zero-order valence-corrected chi connectivity index (χ0v) is 10.4. The molecule has 0 N–H and O–H groups in total. The van der Waals surface area contributed by atoms with Gasteiger partial charge >= 0.3 is 0 Å². The highest BCUT2D eigenvalue weighted by Gasteiger charge is 1.99. The highest BCUT2D eigenvalue weighted by Crippen LogP contribution is 2.14. The van der Waals surface area contributed by atoms with Gasteiger partial charge in [-0.2, -0.15) is 0 Å². The van der Waals surface area contributed by atoms with E-state index in [1.165, 1.54) is 18.7 Å². The Kier molecular flexibility index (Phi) is 4.98. The van der Waals surface area contributed by atoms with Gasteiger partial charge in [-0.05, 0) is 22.0 Å². The Morgan fingerprint density at radius 3 is 3.13 bits per heavy atom. The van der Waals surface area contributed by atoms with E-state index in [-0.39, 0.29) is 10.9 Å². The van der Waals surface area contributed by atoms with Gasteiger partial charge in [0.25, 0.3) is 0 Å². The smallest absolute Gasteiger partial charge is 0.186 e. The molecular weight excluding hydrogens is 281 g/mol. The van der Waals surface area contributed by atoms with E-state index in [2.05, 4.69) is 20.9 Å². The molecule has 0 aliphatic carbocycles. The first-order valence-corrected chi connectivity index (χ1v) is 5.98. The lowest BCUT2D eigenvalue weighted by Gasteiger charge is -1.96. The third-order valence-electron chi connectivity index (χ3n) is 1.53. The Morgan fingerprint density at radius 1 is 1.73 bits per heavy atom. The molecular formula is C10H9BrFNOS. The van der Waals surface area contributed by atoms with Crippen LogP contribution < -0.4 is 0 Å². The fourth-order valence-electron chi connectivity index (χ4n) is 0.896. The van der Waals surface area contributed by atoms with E-state index in [0.717, 1.165) is 6.20 Å². The molecule has 1 aromatic heterocycles. The van der Waals surface area contributed by atoms with Gasteiger partial charge < -0.3 is 0 Å². The van der Waals surface area contributed by atoms with Crippen molar-refractivity contribution >= 4 is 38.9 Å². The van der Waals surface area contributed by atoms with Crippen molar-refractivity contribution in [2.45, 2.75) is 6.92 Å². The number of hydrogen-bond donors (Lipinski definition) is 0. The summed E-state index contributed by atoms with van der Waals surface area (Å²) in [6.45, 7) is 1.50. The van der Waals surface area contributed by atoms with Gasteiger partial charge in [0.1, 0.15) is 10.4 Å². The minimum absolute atomic E-state index is 0.0519. The topological polar surface area (TPSA) is 30.0 Å². The minimum atomic E-state index is -0.373. The first-order chi connectivity index (χ1) is 7.09. The molecule has 1 heterocycles. The highest BCUT2D eigenvalue weighted by molar-refractivity contribution is 9.10. The second-order valence-corrected chi connectivity index (χ2v) is 4.74. The van der Waals surface area contributed by atoms with Crippen molar-refractivity contribution in [3.05, 3.63) is 34.3 Å². The van der Waals surface area contributed by atoms with E-state index >= 15 is 0 Å². The van der Waals surface area contributed by atoms with Gasteiger partial charge in [-0.25, -0.2) is 9.37 Å². The molecule has 1 aromatic rings. The highest BCUT2D eigenvalue weighted by atomic mass is 79.9. The fraction of sp³-hybridized carbons (Fsp3) is 0.200. The van der Waals surface area contributed by atoms with E-state index in [9.17, 15) is 9.18 Å². The minimum Gasteiger partial charge on any atom is -0.288 e. The van der Waals surface area contributed by atoms with Gasteiger partial charge in [-0.1, -0.05) is 23.9 Å². The SMILES string of the molecule is CC(=O)SCC=Cc1cc(Br)ncc1F. The molecule has 0 spiro atoms. The summed E-state index contributed by atoms with van der Waals surface area (Å²) in [5, 5.41) is 0.0519. The first-order valence-electron chi connectivity index (χ1n) is 4.20. The van der Waals surface area contributed by atoms with Crippen molar-refractivity contribution in [1.29, 1.82) is 0 Å². The summed E-state index contributed by atoms with van der Waals surface area (Å²) < 4.78 is 13.7. The van der Waals surface area contributed by atoms with Crippen LogP contribution in [0.4, 0.5) is 4.39 Å². The molecule has 5 heteroatoms. The van der Waals surface area contributed by atoms with Gasteiger partial charge in [-0.15, -0.1) is 0 Å². The predicted octanol–water partition coefficient (Wildman–Crippen LogP) is 3.28. The molecule has 0 bridgehead atoms. The molecule has 0 saturated carbocycles. The van der Waals surface area contributed by atoms with E-state index in [1.807, 2.05) is 0 Å². The lowest BCUT2D eigenvalue weighted by molar-refractivity contribution is -0.109. The number of rotatable bonds is 3. The summed E-state index contributed by atoms with van der Waals surface area (Å²) in [5.74, 6) is 0.177. The lowest BCUT2D eigenvalue weighted by Crippen LogP contribution is -1.86. The number of aromatic nitrogens is 1. The Morgan fingerprint density at radius 2 is 2.47 bits per heavy atom. The Hall–Kier alpha value is -0.680. The molecule has 0 fully saturated rings. The quantitative estimate of drug-likeness (QED) is 0.800. The maximum atomic E-state index is 13.1. The van der Waals surface area contributed by atoms with Crippen molar-refractivity contribution in [3.8, 4) is 0 Å². The number of thioether (sulfide) groups is 1. The summed E-state index contributed by atoms with van der Waals surface area (Å²) in [6.07, 6.45) is 4.54. The van der Waals surface area contributed by atoms with Crippen LogP contribution in [0.1, 0.15) is 12.5 Å². The van der Waals surface area contributed by atoms with Gasteiger partial charge in [0, 0.05) is 18.2 Å². The zero-order chi connectivity index (χ0) is 11.3. The summed E-state index contributed by atoms with van der Waals surface area (Å²) >= 11 is 4.34. The monoisotopic (exact) mass is 289 g/mol. The van der Waals surface area contributed by atoms with Crippen molar-refractivity contribution in [3.63, 3.8) is 0 Å². The van der Waals surface area contributed by atoms with Crippen LogP contribution in [0, 0.1) is 5.82 Å². The van der Waals surface area contributed by atoms with Crippen LogP contribution >= 0.6 is 27.7 Å². The average molecular weight is 290 g/mol. The van der Waals surface area contributed by atoms with Crippen LogP contribution in [0.2, 0.25) is 0 Å². The lowest BCUT2D eigenvalue weighted by atomic mass is 10.2. The second kappa shape index (κ2) is 6.02. The maximum Gasteiger partial charge on any atom is 0.186 e. The summed E-state index contributed by atoms with van der Waals surface area (Å²) in [7, 11) is 0. The molecule has 0 atom stereocenters. The molecule has 0 saturated heterocycles. The standard InChI is InChI=1S/C10H9BrFNOS/c1-7(14)15-4-2-3-8-5-10(11)13-6-9(8)12/h2-3,5-6H,4H2,1H3. The van der Waals surface area contributed by atoms with E-state index in [4.69, 9.17) is 0 Å². The molecule has 0 aliphatic rings. The molecule has 80 valence electrons. The Bertz CT molecular complexity index is 395. The van der Waals surface area contributed by atoms with Gasteiger partial charge in [0.15, 0.2) is 5.12 Å². The Balaban J connectivity index is 2.63. The summed E-state index contributed by atoms with van der Waals surface area (Å²) in [6, 6.07) is 1.59. The van der Waals surface area contributed by atoms with E-state index < -0.39 is 0 Å². The van der Waals surface area contributed by atoms with Crippen molar-refractivity contribution in [1.82, 2.24) is 4.98 Å². The molecule has 1 rings (SSSR count). The van der Waals surface area contributed by atoms with Gasteiger partial charge in [-0.3, -0.25) is 4.79 Å². The summed E-state index contributed by atoms with van der Waals surface area (Å²) in [4.78, 5) is 14.4. The number of carbonyl (C=O) groups is 1. The zero-order valence-electron chi connectivity index (χ0n) is 8.04. The summed E-state index contributed by atoms with van der Waals surface area (Å²) in [5.41, 5.74) is 0.459.